The van der Waals surface area contributed by atoms with E-state index in [1.807, 2.05) is 0 Å². The van der Waals surface area contributed by atoms with Gasteiger partial charge >= 0.3 is 0 Å². The Bertz CT molecular complexity index is 1090. The fraction of sp³-hybridized carbons (Fsp3) is 0.286. The van der Waals surface area contributed by atoms with Gasteiger partial charge < -0.3 is 4.90 Å². The lowest BCUT2D eigenvalue weighted by molar-refractivity contribution is 0.0656. The van der Waals surface area contributed by atoms with Gasteiger partial charge in [-0.1, -0.05) is 54.1 Å². The van der Waals surface area contributed by atoms with Crippen LogP contribution >= 0.6 is 0 Å². The summed E-state index contributed by atoms with van der Waals surface area (Å²) in [5.74, 6) is 0.281. The van der Waals surface area contributed by atoms with E-state index in [0.29, 0.717) is 30.0 Å². The highest BCUT2D eigenvalue weighted by molar-refractivity contribution is 6.21. The lowest BCUT2D eigenvalue weighted by Gasteiger charge is -2.34. The quantitative estimate of drug-likeness (QED) is 0.528. The molecule has 0 spiro atoms. The fourth-order valence-electron chi connectivity index (χ4n) is 4.87. The molecule has 0 saturated carbocycles. The number of benzene rings is 3. The summed E-state index contributed by atoms with van der Waals surface area (Å²) >= 11 is 0. The molecule has 1 saturated heterocycles. The number of rotatable bonds is 5. The second kappa shape index (κ2) is 8.62. The van der Waals surface area contributed by atoms with Gasteiger partial charge in [0.15, 0.2) is 0 Å². The number of carbonyl (C=O) groups excluding carboxylic acids is 2. The maximum atomic E-state index is 12.5. The van der Waals surface area contributed by atoms with E-state index in [1.54, 1.807) is 24.3 Å². The molecule has 5 rings (SSSR count). The predicted molar refractivity (Wildman–Crippen MR) is 127 cm³/mol. The number of anilines is 1. The molecule has 0 aliphatic carbocycles. The number of aryl methyl sites for hydroxylation is 1. The van der Waals surface area contributed by atoms with Crippen LogP contribution in [0.3, 0.4) is 0 Å². The average molecular weight is 425 g/mol. The van der Waals surface area contributed by atoms with Crippen molar-refractivity contribution in [3.63, 3.8) is 0 Å². The van der Waals surface area contributed by atoms with Crippen molar-refractivity contribution < 1.29 is 9.59 Å². The first-order valence-corrected chi connectivity index (χ1v) is 11.5. The Morgan fingerprint density at radius 3 is 1.97 bits per heavy atom. The summed E-state index contributed by atoms with van der Waals surface area (Å²) in [4.78, 5) is 28.9. The highest BCUT2D eigenvalue weighted by Gasteiger charge is 2.34. The van der Waals surface area contributed by atoms with Gasteiger partial charge in [0.05, 0.1) is 11.1 Å². The zero-order valence-electron chi connectivity index (χ0n) is 18.5. The van der Waals surface area contributed by atoms with Crippen molar-refractivity contribution in [2.45, 2.75) is 32.1 Å². The topological polar surface area (TPSA) is 40.6 Å². The van der Waals surface area contributed by atoms with Crippen LogP contribution in [0.5, 0.6) is 0 Å². The Kier molecular flexibility index (Phi) is 5.52. The van der Waals surface area contributed by atoms with Crippen LogP contribution in [-0.4, -0.2) is 36.3 Å². The third-order valence-electron chi connectivity index (χ3n) is 6.85. The van der Waals surface area contributed by atoms with Gasteiger partial charge in [-0.25, -0.2) is 0 Å². The zero-order chi connectivity index (χ0) is 22.1. The third-order valence-corrected chi connectivity index (χ3v) is 6.85. The van der Waals surface area contributed by atoms with Crippen molar-refractivity contribution in [3.8, 4) is 0 Å². The first-order chi connectivity index (χ1) is 15.6. The first-order valence-electron chi connectivity index (χ1n) is 11.5. The predicted octanol–water partition coefficient (Wildman–Crippen LogP) is 5.22. The summed E-state index contributed by atoms with van der Waals surface area (Å²) in [7, 11) is 0. The number of fused-ring (bicyclic) bond motifs is 1. The Morgan fingerprint density at radius 2 is 1.38 bits per heavy atom. The molecule has 32 heavy (non-hydrogen) atoms. The molecule has 4 nitrogen and oxygen atoms in total. The van der Waals surface area contributed by atoms with Crippen molar-refractivity contribution in [2.24, 2.45) is 0 Å². The summed E-state index contributed by atoms with van der Waals surface area (Å²) in [5.41, 5.74) is 6.19. The number of hydrogen-bond acceptors (Lipinski definition) is 3. The van der Waals surface area contributed by atoms with Gasteiger partial charge in [0, 0.05) is 25.3 Å². The largest absolute Gasteiger partial charge is 0.371 e. The van der Waals surface area contributed by atoms with Gasteiger partial charge in [-0.3, -0.25) is 14.5 Å². The van der Waals surface area contributed by atoms with Crippen LogP contribution in [0.25, 0.3) is 0 Å². The van der Waals surface area contributed by atoms with Crippen LogP contribution < -0.4 is 4.90 Å². The summed E-state index contributed by atoms with van der Waals surface area (Å²) < 4.78 is 0. The van der Waals surface area contributed by atoms with E-state index < -0.39 is 0 Å². The number of carbonyl (C=O) groups is 2. The van der Waals surface area contributed by atoms with Crippen LogP contribution in [0.4, 0.5) is 5.69 Å². The van der Waals surface area contributed by atoms with Gasteiger partial charge in [-0.2, -0.15) is 0 Å². The molecule has 162 valence electrons. The van der Waals surface area contributed by atoms with Crippen LogP contribution in [0.2, 0.25) is 0 Å². The molecule has 2 amide bonds. The molecule has 2 heterocycles. The molecule has 2 aliphatic rings. The lowest BCUT2D eigenvalue weighted by atomic mass is 9.89. The smallest absolute Gasteiger partial charge is 0.261 e. The van der Waals surface area contributed by atoms with Crippen LogP contribution in [0.15, 0.2) is 72.8 Å². The molecule has 0 unspecified atom stereocenters. The summed E-state index contributed by atoms with van der Waals surface area (Å²) in [6.45, 7) is 4.67. The molecule has 0 aromatic heterocycles. The molecule has 0 bridgehead atoms. The summed E-state index contributed by atoms with van der Waals surface area (Å²) in [6, 6.07) is 24.6. The maximum absolute atomic E-state index is 12.5. The summed E-state index contributed by atoms with van der Waals surface area (Å²) in [5, 5.41) is 0. The van der Waals surface area contributed by atoms with Crippen molar-refractivity contribution in [2.75, 3.05) is 24.5 Å². The molecule has 4 heteroatoms. The molecule has 0 radical (unpaired) electrons. The number of piperidine rings is 1. The van der Waals surface area contributed by atoms with Crippen LogP contribution in [-0.2, 0) is 6.42 Å². The maximum Gasteiger partial charge on any atom is 0.261 e. The Hall–Kier alpha value is -3.40. The van der Waals surface area contributed by atoms with Crippen molar-refractivity contribution in [1.82, 2.24) is 4.90 Å². The van der Waals surface area contributed by atoms with Crippen molar-refractivity contribution >= 4 is 17.5 Å². The first kappa shape index (κ1) is 20.5. The van der Waals surface area contributed by atoms with Gasteiger partial charge in [0.1, 0.15) is 0 Å². The van der Waals surface area contributed by atoms with E-state index >= 15 is 0 Å². The molecule has 0 N–H and O–H groups in total. The minimum Gasteiger partial charge on any atom is -0.371 e. The Morgan fingerprint density at radius 1 is 0.781 bits per heavy atom. The van der Waals surface area contributed by atoms with Crippen molar-refractivity contribution in [1.29, 1.82) is 0 Å². The number of amides is 2. The third kappa shape index (κ3) is 3.93. The Balaban J connectivity index is 1.16. The van der Waals surface area contributed by atoms with E-state index in [9.17, 15) is 9.59 Å². The van der Waals surface area contributed by atoms with E-state index in [2.05, 4.69) is 60.4 Å². The number of imide groups is 1. The minimum absolute atomic E-state index is 0.182. The minimum atomic E-state index is -0.182. The average Bonchev–Trinajstić information content (AvgIpc) is 3.08. The SMILES string of the molecule is Cc1ccc(C2CCN(c3ccc(CCN4C(=O)c5ccccc5C4=O)cc3)CC2)cc1. The van der Waals surface area contributed by atoms with Crippen LogP contribution in [0.1, 0.15) is 56.2 Å². The zero-order valence-corrected chi connectivity index (χ0v) is 18.5. The monoisotopic (exact) mass is 424 g/mol. The van der Waals surface area contributed by atoms with Gasteiger partial charge in [0.25, 0.3) is 11.8 Å². The van der Waals surface area contributed by atoms with Crippen LogP contribution in [0, 0.1) is 6.92 Å². The molecule has 3 aromatic rings. The second-order valence-electron chi connectivity index (χ2n) is 8.90. The van der Waals surface area contributed by atoms with Crippen molar-refractivity contribution in [3.05, 3.63) is 101 Å². The van der Waals surface area contributed by atoms with Gasteiger partial charge in [0.2, 0.25) is 0 Å². The highest BCUT2D eigenvalue weighted by Crippen LogP contribution is 2.31. The van der Waals surface area contributed by atoms with Gasteiger partial charge in [-0.05, 0) is 67.5 Å². The standard InChI is InChI=1S/C28H28N2O2/c1-20-6-10-22(11-7-20)23-15-17-29(18-16-23)24-12-8-21(9-13-24)14-19-30-27(31)25-4-2-3-5-26(25)28(30)32/h2-13,23H,14-19H2,1H3. The highest BCUT2D eigenvalue weighted by atomic mass is 16.2. The van der Waals surface area contributed by atoms with Gasteiger partial charge in [-0.15, -0.1) is 0 Å². The lowest BCUT2D eigenvalue weighted by Crippen LogP contribution is -2.33. The molecule has 1 fully saturated rings. The fourth-order valence-corrected chi connectivity index (χ4v) is 4.87. The Labute approximate surface area is 189 Å². The van der Waals surface area contributed by atoms with E-state index in [1.165, 1.54) is 34.6 Å². The summed E-state index contributed by atoms with van der Waals surface area (Å²) in [6.07, 6.45) is 3.01. The molecular formula is C28H28N2O2. The molecular weight excluding hydrogens is 396 g/mol. The molecule has 3 aromatic carbocycles. The number of nitrogens with zero attached hydrogens (tertiary/aromatic N) is 2. The second-order valence-corrected chi connectivity index (χ2v) is 8.90. The van der Waals surface area contributed by atoms with E-state index in [-0.39, 0.29) is 11.8 Å². The van der Waals surface area contributed by atoms with E-state index in [0.717, 1.165) is 18.7 Å². The molecule has 0 atom stereocenters. The normalized spacial score (nSPS) is 16.5. The van der Waals surface area contributed by atoms with E-state index in [4.69, 9.17) is 0 Å². The number of hydrogen-bond donors (Lipinski definition) is 0. The molecule has 2 aliphatic heterocycles.